The zero-order chi connectivity index (χ0) is 15.5. The Kier molecular flexibility index (Phi) is 5.62. The maximum atomic E-state index is 12.3. The summed E-state index contributed by atoms with van der Waals surface area (Å²) in [7, 11) is -2.01. The first-order valence-corrected chi connectivity index (χ1v) is 8.83. The van der Waals surface area contributed by atoms with E-state index in [1.807, 2.05) is 0 Å². The van der Waals surface area contributed by atoms with Gasteiger partial charge in [-0.25, -0.2) is 0 Å². The highest BCUT2D eigenvalue weighted by molar-refractivity contribution is 7.87. The van der Waals surface area contributed by atoms with Crippen molar-refractivity contribution < 1.29 is 13.5 Å². The molecular weight excluding hydrogens is 312 g/mol. The Morgan fingerprint density at radius 3 is 2.52 bits per heavy atom. The fraction of sp³-hybridized carbons (Fsp3) is 0.571. The maximum Gasteiger partial charge on any atom is 0.279 e. The lowest BCUT2D eigenvalue weighted by Crippen LogP contribution is -2.44. The Morgan fingerprint density at radius 2 is 2.00 bits per heavy atom. The minimum Gasteiger partial charge on any atom is -0.396 e. The summed E-state index contributed by atoms with van der Waals surface area (Å²) < 4.78 is 28.6. The van der Waals surface area contributed by atoms with E-state index in [0.717, 1.165) is 18.4 Å². The van der Waals surface area contributed by atoms with Gasteiger partial charge < -0.3 is 5.11 Å². The van der Waals surface area contributed by atoms with E-state index in [2.05, 4.69) is 4.72 Å². The Hall–Kier alpha value is -0.660. The maximum absolute atomic E-state index is 12.3. The van der Waals surface area contributed by atoms with Crippen LogP contribution in [0.2, 0.25) is 5.02 Å². The van der Waals surface area contributed by atoms with Crippen molar-refractivity contribution in [1.29, 1.82) is 0 Å². The Balaban J connectivity index is 1.98. The number of aliphatic hydroxyl groups excluding tert-OH is 1. The number of nitrogens with one attached hydrogen (secondary N) is 1. The SMILES string of the molecule is CN(Cc1ccc(Cl)cc1)S(=O)(=O)NC(CCO)C1CC1. The molecule has 21 heavy (non-hydrogen) atoms. The van der Waals surface area contributed by atoms with Crippen LogP contribution in [0.1, 0.15) is 24.8 Å². The van der Waals surface area contributed by atoms with Gasteiger partial charge in [0, 0.05) is 31.3 Å². The van der Waals surface area contributed by atoms with Gasteiger partial charge in [0.25, 0.3) is 10.2 Å². The third-order valence-electron chi connectivity index (χ3n) is 3.66. The van der Waals surface area contributed by atoms with Crippen molar-refractivity contribution in [2.45, 2.75) is 31.8 Å². The van der Waals surface area contributed by atoms with Crippen molar-refractivity contribution in [2.24, 2.45) is 5.92 Å². The number of hydrogen-bond donors (Lipinski definition) is 2. The predicted molar refractivity (Wildman–Crippen MR) is 83.2 cm³/mol. The van der Waals surface area contributed by atoms with Gasteiger partial charge in [-0.1, -0.05) is 23.7 Å². The summed E-state index contributed by atoms with van der Waals surface area (Å²) in [6, 6.07) is 6.92. The molecule has 0 spiro atoms. The van der Waals surface area contributed by atoms with Crippen LogP contribution in [0.5, 0.6) is 0 Å². The molecular formula is C14H21ClN2O3S. The van der Waals surface area contributed by atoms with Crippen molar-refractivity contribution in [2.75, 3.05) is 13.7 Å². The van der Waals surface area contributed by atoms with Crippen LogP contribution in [0, 0.1) is 5.92 Å². The zero-order valence-corrected chi connectivity index (χ0v) is 13.6. The van der Waals surface area contributed by atoms with Crippen LogP contribution < -0.4 is 4.72 Å². The van der Waals surface area contributed by atoms with Crippen LogP contribution in [0.4, 0.5) is 0 Å². The Bertz CT molecular complexity index is 558. The van der Waals surface area contributed by atoms with E-state index < -0.39 is 10.2 Å². The average molecular weight is 333 g/mol. The fourth-order valence-electron chi connectivity index (χ4n) is 2.24. The van der Waals surface area contributed by atoms with Gasteiger partial charge in [0.05, 0.1) is 0 Å². The Labute approximate surface area is 131 Å². The molecule has 2 rings (SSSR count). The topological polar surface area (TPSA) is 69.6 Å². The van der Waals surface area contributed by atoms with E-state index >= 15 is 0 Å². The van der Waals surface area contributed by atoms with Gasteiger partial charge in [0.2, 0.25) is 0 Å². The van der Waals surface area contributed by atoms with Gasteiger partial charge in [-0.2, -0.15) is 17.4 Å². The molecule has 0 aromatic heterocycles. The Morgan fingerprint density at radius 1 is 1.38 bits per heavy atom. The molecule has 1 aliphatic carbocycles. The standard InChI is InChI=1S/C14H21ClN2O3S/c1-17(10-11-2-6-13(15)7-3-11)21(19,20)16-14(8-9-18)12-4-5-12/h2-3,6-7,12,14,16,18H,4-5,8-10H2,1H3. The number of halogens is 1. The van der Waals surface area contributed by atoms with E-state index in [4.69, 9.17) is 16.7 Å². The molecule has 0 saturated heterocycles. The van der Waals surface area contributed by atoms with Gasteiger partial charge in [-0.05, 0) is 42.9 Å². The summed E-state index contributed by atoms with van der Waals surface area (Å²) in [5.74, 6) is 0.357. The molecule has 0 heterocycles. The van der Waals surface area contributed by atoms with Crippen molar-refractivity contribution in [3.8, 4) is 0 Å². The number of benzene rings is 1. The average Bonchev–Trinajstić information content (AvgIpc) is 3.25. The van der Waals surface area contributed by atoms with Crippen molar-refractivity contribution in [1.82, 2.24) is 9.03 Å². The molecule has 1 aliphatic rings. The van der Waals surface area contributed by atoms with Crippen LogP contribution in [0.3, 0.4) is 0 Å². The third-order valence-corrected chi connectivity index (χ3v) is 5.46. The van der Waals surface area contributed by atoms with Crippen molar-refractivity contribution in [3.05, 3.63) is 34.9 Å². The van der Waals surface area contributed by atoms with E-state index in [1.165, 1.54) is 4.31 Å². The van der Waals surface area contributed by atoms with Gasteiger partial charge in [0.1, 0.15) is 0 Å². The number of rotatable bonds is 8. The molecule has 0 aliphatic heterocycles. The predicted octanol–water partition coefficient (Wildman–Crippen LogP) is 1.77. The van der Waals surface area contributed by atoms with Crippen LogP contribution >= 0.6 is 11.6 Å². The monoisotopic (exact) mass is 332 g/mol. The molecule has 1 saturated carbocycles. The van der Waals surface area contributed by atoms with E-state index in [-0.39, 0.29) is 19.2 Å². The van der Waals surface area contributed by atoms with Crippen molar-refractivity contribution in [3.63, 3.8) is 0 Å². The lowest BCUT2D eigenvalue weighted by molar-refractivity contribution is 0.264. The normalized spacial score (nSPS) is 17.1. The summed E-state index contributed by atoms with van der Waals surface area (Å²) in [4.78, 5) is 0. The van der Waals surface area contributed by atoms with E-state index in [1.54, 1.807) is 31.3 Å². The largest absolute Gasteiger partial charge is 0.396 e. The molecule has 7 heteroatoms. The minimum atomic E-state index is -3.56. The first-order chi connectivity index (χ1) is 9.92. The van der Waals surface area contributed by atoms with Crippen LogP contribution in [0.15, 0.2) is 24.3 Å². The van der Waals surface area contributed by atoms with E-state index in [9.17, 15) is 8.42 Å². The summed E-state index contributed by atoms with van der Waals surface area (Å²) in [5, 5.41) is 9.67. The molecule has 0 amide bonds. The lowest BCUT2D eigenvalue weighted by atomic mass is 10.1. The molecule has 1 atom stereocenters. The molecule has 1 aromatic rings. The molecule has 2 N–H and O–H groups in total. The summed E-state index contributed by atoms with van der Waals surface area (Å²) in [6.07, 6.45) is 2.50. The summed E-state index contributed by atoms with van der Waals surface area (Å²) in [5.41, 5.74) is 0.873. The number of nitrogens with zero attached hydrogens (tertiary/aromatic N) is 1. The van der Waals surface area contributed by atoms with Crippen LogP contribution in [0.25, 0.3) is 0 Å². The molecule has 1 aromatic carbocycles. The minimum absolute atomic E-state index is 0.00934. The summed E-state index contributed by atoms with van der Waals surface area (Å²) >= 11 is 5.82. The van der Waals surface area contributed by atoms with Gasteiger partial charge >= 0.3 is 0 Å². The molecule has 0 radical (unpaired) electrons. The number of hydrogen-bond acceptors (Lipinski definition) is 3. The second kappa shape index (κ2) is 7.07. The molecule has 0 bridgehead atoms. The van der Waals surface area contributed by atoms with Crippen LogP contribution in [-0.2, 0) is 16.8 Å². The first-order valence-electron chi connectivity index (χ1n) is 7.01. The van der Waals surface area contributed by atoms with Crippen LogP contribution in [-0.4, -0.2) is 37.5 Å². The van der Waals surface area contributed by atoms with Gasteiger partial charge in [0.15, 0.2) is 0 Å². The highest BCUT2D eigenvalue weighted by Crippen LogP contribution is 2.34. The zero-order valence-electron chi connectivity index (χ0n) is 12.0. The second-order valence-electron chi connectivity index (χ2n) is 5.46. The van der Waals surface area contributed by atoms with E-state index in [0.29, 0.717) is 17.4 Å². The highest BCUT2D eigenvalue weighted by Gasteiger charge is 2.34. The second-order valence-corrected chi connectivity index (χ2v) is 7.71. The quantitative estimate of drug-likeness (QED) is 0.762. The first kappa shape index (κ1) is 16.7. The molecule has 118 valence electrons. The van der Waals surface area contributed by atoms with Gasteiger partial charge in [-0.15, -0.1) is 0 Å². The van der Waals surface area contributed by atoms with Crippen molar-refractivity contribution >= 4 is 21.8 Å². The molecule has 1 fully saturated rings. The third kappa shape index (κ3) is 4.93. The smallest absolute Gasteiger partial charge is 0.279 e. The molecule has 1 unspecified atom stereocenters. The summed E-state index contributed by atoms with van der Waals surface area (Å²) in [6.45, 7) is 0.271. The fourth-order valence-corrected chi connectivity index (χ4v) is 3.56. The van der Waals surface area contributed by atoms with Gasteiger partial charge in [-0.3, -0.25) is 0 Å². The number of aliphatic hydroxyl groups is 1. The molecule has 5 nitrogen and oxygen atoms in total. The lowest BCUT2D eigenvalue weighted by Gasteiger charge is -2.23. The highest BCUT2D eigenvalue weighted by atomic mass is 35.5.